The maximum atomic E-state index is 12.9. The molecule has 0 spiro atoms. The molecule has 4 rings (SSSR count). The van der Waals surface area contributed by atoms with Gasteiger partial charge in [0, 0.05) is 24.6 Å². The molecule has 4 heteroatoms. The highest BCUT2D eigenvalue weighted by atomic mass is 16.5. The van der Waals surface area contributed by atoms with Crippen LogP contribution in [0.15, 0.2) is 64.0 Å². The van der Waals surface area contributed by atoms with E-state index in [2.05, 4.69) is 31.1 Å². The van der Waals surface area contributed by atoms with Crippen LogP contribution in [0.1, 0.15) is 55.3 Å². The molecule has 0 radical (unpaired) electrons. The molecule has 3 aromatic rings. The minimum Gasteiger partial charge on any atom is -0.486 e. The Hall–Kier alpha value is -2.59. The predicted octanol–water partition coefficient (Wildman–Crippen LogP) is 5.52. The Bertz CT molecular complexity index is 1000. The van der Waals surface area contributed by atoms with Gasteiger partial charge in [-0.15, -0.1) is 0 Å². The third-order valence-corrected chi connectivity index (χ3v) is 5.86. The molecule has 2 aromatic carbocycles. The molecule has 29 heavy (non-hydrogen) atoms. The lowest BCUT2D eigenvalue weighted by Crippen LogP contribution is -2.18. The maximum Gasteiger partial charge on any atom is 0.196 e. The van der Waals surface area contributed by atoms with E-state index in [0.717, 1.165) is 42.7 Å². The van der Waals surface area contributed by atoms with Gasteiger partial charge in [-0.25, -0.2) is 0 Å². The lowest BCUT2D eigenvalue weighted by atomic mass is 9.98. The van der Waals surface area contributed by atoms with Crippen LogP contribution in [0.5, 0.6) is 5.75 Å². The van der Waals surface area contributed by atoms with E-state index in [0.29, 0.717) is 16.9 Å². The molecular weight excluding hydrogens is 362 g/mol. The number of nitrogens with zero attached hydrogens (tertiary/aromatic N) is 1. The molecule has 0 amide bonds. The average molecular weight is 392 g/mol. The lowest BCUT2D eigenvalue weighted by Gasteiger charge is -2.21. The highest BCUT2D eigenvalue weighted by molar-refractivity contribution is 5.78. The summed E-state index contributed by atoms with van der Waals surface area (Å²) >= 11 is 0. The Morgan fingerprint density at radius 3 is 2.59 bits per heavy atom. The third kappa shape index (κ3) is 4.54. The second-order valence-corrected chi connectivity index (χ2v) is 8.27. The quantitative estimate of drug-likeness (QED) is 0.532. The van der Waals surface area contributed by atoms with Crippen molar-refractivity contribution < 1.29 is 9.15 Å². The first-order valence-corrected chi connectivity index (χ1v) is 10.5. The van der Waals surface area contributed by atoms with Crippen molar-refractivity contribution >= 4 is 11.0 Å². The standard InChI is InChI=1S/C25H29NO3/c1-26(2)15-14-23(19-10-4-3-5-11-19)29-20-12-13-21-24(16-20)28-17-22(25(21)27)18-8-6-7-9-18/h3-5,10-13,16-18,23H,6-9,14-15H2,1-2H3. The van der Waals surface area contributed by atoms with Crippen molar-refractivity contribution in [2.24, 2.45) is 0 Å². The molecule has 4 nitrogen and oxygen atoms in total. The highest BCUT2D eigenvalue weighted by Crippen LogP contribution is 2.34. The van der Waals surface area contributed by atoms with Gasteiger partial charge in [0.1, 0.15) is 17.4 Å². The average Bonchev–Trinajstić information content (AvgIpc) is 3.26. The van der Waals surface area contributed by atoms with Gasteiger partial charge in [-0.05, 0) is 50.6 Å². The predicted molar refractivity (Wildman–Crippen MR) is 117 cm³/mol. The molecule has 152 valence electrons. The van der Waals surface area contributed by atoms with Gasteiger partial charge < -0.3 is 14.1 Å². The summed E-state index contributed by atoms with van der Waals surface area (Å²) in [4.78, 5) is 15.1. The smallest absolute Gasteiger partial charge is 0.196 e. The summed E-state index contributed by atoms with van der Waals surface area (Å²) in [5.41, 5.74) is 2.68. The van der Waals surface area contributed by atoms with Crippen molar-refractivity contribution in [2.45, 2.75) is 44.1 Å². The first-order valence-electron chi connectivity index (χ1n) is 10.5. The molecular formula is C25H29NO3. The van der Waals surface area contributed by atoms with Crippen LogP contribution < -0.4 is 10.2 Å². The van der Waals surface area contributed by atoms with Crippen LogP contribution in [0.25, 0.3) is 11.0 Å². The SMILES string of the molecule is CN(C)CCC(Oc1ccc2c(=O)c(C3CCCC3)coc2c1)c1ccccc1. The Balaban J connectivity index is 1.60. The second-order valence-electron chi connectivity index (χ2n) is 8.27. The fraction of sp³-hybridized carbons (Fsp3) is 0.400. The van der Waals surface area contributed by atoms with Crippen molar-refractivity contribution in [3.05, 3.63) is 76.1 Å². The fourth-order valence-electron chi connectivity index (χ4n) is 4.22. The first kappa shape index (κ1) is 19.7. The molecule has 1 aliphatic rings. The van der Waals surface area contributed by atoms with Crippen LogP contribution in [0.4, 0.5) is 0 Å². The number of fused-ring (bicyclic) bond motifs is 1. The molecule has 1 atom stereocenters. The van der Waals surface area contributed by atoms with E-state index in [9.17, 15) is 4.79 Å². The van der Waals surface area contributed by atoms with E-state index in [-0.39, 0.29) is 11.5 Å². The van der Waals surface area contributed by atoms with Crippen molar-refractivity contribution in [3.63, 3.8) is 0 Å². The van der Waals surface area contributed by atoms with Crippen LogP contribution >= 0.6 is 0 Å². The molecule has 0 N–H and O–H groups in total. The summed E-state index contributed by atoms with van der Waals surface area (Å²) in [5, 5.41) is 0.645. The van der Waals surface area contributed by atoms with Crippen LogP contribution in [-0.2, 0) is 0 Å². The Morgan fingerprint density at radius 2 is 1.86 bits per heavy atom. The Morgan fingerprint density at radius 1 is 1.10 bits per heavy atom. The van der Waals surface area contributed by atoms with E-state index >= 15 is 0 Å². The number of hydrogen-bond donors (Lipinski definition) is 0. The van der Waals surface area contributed by atoms with Crippen LogP contribution in [-0.4, -0.2) is 25.5 Å². The zero-order valence-corrected chi connectivity index (χ0v) is 17.3. The molecule has 1 aromatic heterocycles. The van der Waals surface area contributed by atoms with Gasteiger partial charge in [0.2, 0.25) is 0 Å². The van der Waals surface area contributed by atoms with Crippen molar-refractivity contribution in [1.82, 2.24) is 4.90 Å². The minimum atomic E-state index is -0.0551. The van der Waals surface area contributed by atoms with E-state index in [4.69, 9.17) is 9.15 Å². The van der Waals surface area contributed by atoms with Crippen molar-refractivity contribution in [3.8, 4) is 5.75 Å². The number of rotatable bonds is 7. The summed E-state index contributed by atoms with van der Waals surface area (Å²) in [6.07, 6.45) is 7.06. The summed E-state index contributed by atoms with van der Waals surface area (Å²) in [6.45, 7) is 0.924. The summed E-state index contributed by atoms with van der Waals surface area (Å²) in [7, 11) is 4.13. The van der Waals surface area contributed by atoms with Gasteiger partial charge in [-0.1, -0.05) is 43.2 Å². The Labute approximate surface area is 172 Å². The normalized spacial score (nSPS) is 15.8. The minimum absolute atomic E-state index is 0.0551. The molecule has 0 aliphatic heterocycles. The third-order valence-electron chi connectivity index (χ3n) is 5.86. The van der Waals surface area contributed by atoms with Gasteiger partial charge in [0.05, 0.1) is 11.6 Å². The van der Waals surface area contributed by atoms with Gasteiger partial charge in [-0.3, -0.25) is 4.79 Å². The molecule has 1 aliphatic carbocycles. The Kier molecular flexibility index (Phi) is 6.00. The number of ether oxygens (including phenoxy) is 1. The topological polar surface area (TPSA) is 42.7 Å². The summed E-state index contributed by atoms with van der Waals surface area (Å²) in [6, 6.07) is 15.9. The molecule has 1 fully saturated rings. The second kappa shape index (κ2) is 8.83. The van der Waals surface area contributed by atoms with Crippen LogP contribution in [0.3, 0.4) is 0 Å². The molecule has 0 saturated heterocycles. The largest absolute Gasteiger partial charge is 0.486 e. The highest BCUT2D eigenvalue weighted by Gasteiger charge is 2.22. The van der Waals surface area contributed by atoms with E-state index < -0.39 is 0 Å². The zero-order chi connectivity index (χ0) is 20.2. The lowest BCUT2D eigenvalue weighted by molar-refractivity contribution is 0.179. The van der Waals surface area contributed by atoms with E-state index in [1.54, 1.807) is 6.26 Å². The van der Waals surface area contributed by atoms with Crippen molar-refractivity contribution in [2.75, 3.05) is 20.6 Å². The summed E-state index contributed by atoms with van der Waals surface area (Å²) in [5.74, 6) is 1.07. The number of benzene rings is 2. The van der Waals surface area contributed by atoms with Gasteiger partial charge in [0.15, 0.2) is 5.43 Å². The fourth-order valence-corrected chi connectivity index (χ4v) is 4.22. The molecule has 1 unspecified atom stereocenters. The number of hydrogen-bond acceptors (Lipinski definition) is 4. The monoisotopic (exact) mass is 391 g/mol. The van der Waals surface area contributed by atoms with E-state index in [1.165, 1.54) is 12.8 Å². The van der Waals surface area contributed by atoms with Crippen molar-refractivity contribution in [1.29, 1.82) is 0 Å². The maximum absolute atomic E-state index is 12.9. The zero-order valence-electron chi connectivity index (χ0n) is 17.3. The van der Waals surface area contributed by atoms with Gasteiger partial charge >= 0.3 is 0 Å². The molecule has 1 heterocycles. The first-order chi connectivity index (χ1) is 14.1. The van der Waals surface area contributed by atoms with Crippen LogP contribution in [0.2, 0.25) is 0 Å². The van der Waals surface area contributed by atoms with E-state index in [1.807, 2.05) is 36.4 Å². The molecule has 0 bridgehead atoms. The van der Waals surface area contributed by atoms with Crippen LogP contribution in [0, 0.1) is 0 Å². The summed E-state index contributed by atoms with van der Waals surface area (Å²) < 4.78 is 12.2. The molecule has 1 saturated carbocycles. The van der Waals surface area contributed by atoms with Gasteiger partial charge in [0.25, 0.3) is 0 Å². The van der Waals surface area contributed by atoms with Gasteiger partial charge in [-0.2, -0.15) is 0 Å².